The topological polar surface area (TPSA) is 102 Å². The molecule has 0 bridgehead atoms. The number of thiazole rings is 1. The van der Waals surface area contributed by atoms with E-state index in [1.807, 2.05) is 39.8 Å². The molecule has 0 aliphatic heterocycles. The minimum absolute atomic E-state index is 0.318. The zero-order valence-electron chi connectivity index (χ0n) is 17.5. The number of carboxylic acid groups (broad SMARTS) is 1. The van der Waals surface area contributed by atoms with Gasteiger partial charge in [-0.05, 0) is 48.0 Å². The lowest BCUT2D eigenvalue weighted by molar-refractivity contribution is -0.0332. The molecule has 2 rings (SSSR count). The lowest BCUT2D eigenvalue weighted by Crippen LogP contribution is -2.47. The third-order valence-corrected chi connectivity index (χ3v) is 5.36. The Balaban J connectivity index is 2.02. The van der Waals surface area contributed by atoms with Crippen molar-refractivity contribution in [2.75, 3.05) is 6.61 Å². The Labute approximate surface area is 188 Å². The smallest absolute Gasteiger partial charge is 0.405 e. The Morgan fingerprint density at radius 3 is 2.77 bits per heavy atom. The Kier molecular flexibility index (Phi) is 8.48. The quantitative estimate of drug-likeness (QED) is 0.347. The number of amides is 1. The van der Waals surface area contributed by atoms with Crippen LogP contribution in [0, 0.1) is 5.41 Å². The first kappa shape index (κ1) is 23.9. The molecule has 0 radical (unpaired) electrons. The van der Waals surface area contributed by atoms with Crippen LogP contribution < -0.4 is 14.8 Å². The molecule has 10 heteroatoms. The van der Waals surface area contributed by atoms with Crippen LogP contribution in [0.3, 0.4) is 0 Å². The van der Waals surface area contributed by atoms with Crippen LogP contribution in [0.15, 0.2) is 34.0 Å². The van der Waals surface area contributed by atoms with Crippen LogP contribution in [0.4, 0.5) is 4.79 Å². The molecule has 0 aliphatic rings. The lowest BCUT2D eigenvalue weighted by atomic mass is 9.85. The summed E-state index contributed by atoms with van der Waals surface area (Å²) >= 11 is 4.77. The number of ether oxygens (including phenoxy) is 2. The first-order valence-corrected chi connectivity index (χ1v) is 11.0. The van der Waals surface area contributed by atoms with E-state index in [0.29, 0.717) is 17.6 Å². The molecule has 0 spiro atoms. The van der Waals surface area contributed by atoms with Gasteiger partial charge in [0.05, 0.1) is 34.4 Å². The van der Waals surface area contributed by atoms with E-state index < -0.39 is 18.2 Å². The average molecular weight is 500 g/mol. The third-order valence-electron chi connectivity index (χ3n) is 3.93. The Hall–Kier alpha value is -2.33. The van der Waals surface area contributed by atoms with E-state index in [4.69, 9.17) is 19.4 Å². The van der Waals surface area contributed by atoms with Gasteiger partial charge in [0, 0.05) is 5.41 Å². The van der Waals surface area contributed by atoms with Crippen LogP contribution in [-0.4, -0.2) is 41.2 Å². The van der Waals surface area contributed by atoms with Gasteiger partial charge in [0.1, 0.15) is 11.5 Å². The number of benzene rings is 1. The van der Waals surface area contributed by atoms with Gasteiger partial charge < -0.3 is 24.7 Å². The lowest BCUT2D eigenvalue weighted by Gasteiger charge is -2.32. The van der Waals surface area contributed by atoms with Crippen LogP contribution in [0.5, 0.6) is 16.7 Å². The molecule has 164 valence electrons. The molecule has 2 atom stereocenters. The molecule has 2 N–H and O–H groups in total. The minimum atomic E-state index is -1.10. The van der Waals surface area contributed by atoms with E-state index in [-0.39, 0.29) is 5.41 Å². The van der Waals surface area contributed by atoms with E-state index in [9.17, 15) is 4.79 Å². The second-order valence-electron chi connectivity index (χ2n) is 7.52. The highest BCUT2D eigenvalue weighted by Gasteiger charge is 2.33. The van der Waals surface area contributed by atoms with Crippen molar-refractivity contribution in [1.29, 1.82) is 0 Å². The van der Waals surface area contributed by atoms with Crippen molar-refractivity contribution in [3.05, 3.63) is 33.7 Å². The van der Waals surface area contributed by atoms with E-state index >= 15 is 0 Å². The van der Waals surface area contributed by atoms with Gasteiger partial charge in [-0.1, -0.05) is 37.3 Å². The van der Waals surface area contributed by atoms with Crippen LogP contribution >= 0.6 is 27.3 Å². The molecule has 8 nitrogen and oxygen atoms in total. The number of carbonyl (C=O) groups is 1. The molecule has 0 saturated carbocycles. The number of nitrogens with zero attached hydrogens (tertiary/aromatic N) is 2. The summed E-state index contributed by atoms with van der Waals surface area (Å²) in [5, 5.41) is 15.9. The molecule has 30 heavy (non-hydrogen) atoms. The second-order valence-corrected chi connectivity index (χ2v) is 9.40. The monoisotopic (exact) mass is 499 g/mol. The summed E-state index contributed by atoms with van der Waals surface area (Å²) in [7, 11) is 0. The highest BCUT2D eigenvalue weighted by molar-refractivity contribution is 9.10. The van der Waals surface area contributed by atoms with Crippen LogP contribution in [0.1, 0.15) is 39.5 Å². The second kappa shape index (κ2) is 10.6. The fraction of sp³-hybridized carbons (Fsp3) is 0.450. The molecular weight excluding hydrogens is 474 g/mol. The molecular formula is C20H26BrN3O5S. The van der Waals surface area contributed by atoms with Crippen molar-refractivity contribution >= 4 is 39.6 Å². The van der Waals surface area contributed by atoms with E-state index in [1.54, 1.807) is 19.2 Å². The number of halogens is 1. The summed E-state index contributed by atoms with van der Waals surface area (Å²) in [6.45, 7) is 10.1. The number of aromatic nitrogens is 1. The predicted octanol–water partition coefficient (Wildman–Crippen LogP) is 5.52. The van der Waals surface area contributed by atoms with Crippen molar-refractivity contribution in [1.82, 2.24) is 10.3 Å². The van der Waals surface area contributed by atoms with Crippen LogP contribution in [0.2, 0.25) is 0 Å². The fourth-order valence-corrected chi connectivity index (χ4v) is 3.79. The largest absolute Gasteiger partial charge is 0.494 e. The number of hydrogen-bond donors (Lipinski definition) is 2. The molecule has 0 aliphatic carbocycles. The van der Waals surface area contributed by atoms with Gasteiger partial charge in [-0.15, -0.1) is 0 Å². The molecule has 1 unspecified atom stereocenters. The Bertz CT molecular complexity index is 882. The summed E-state index contributed by atoms with van der Waals surface area (Å²) in [4.78, 5) is 21.5. The van der Waals surface area contributed by atoms with Crippen LogP contribution in [-0.2, 0) is 4.84 Å². The average Bonchev–Trinajstić information content (AvgIpc) is 3.07. The first-order chi connectivity index (χ1) is 14.1. The molecule has 1 heterocycles. The molecule has 0 fully saturated rings. The number of hydrogen-bond acceptors (Lipinski definition) is 7. The van der Waals surface area contributed by atoms with E-state index in [0.717, 1.165) is 15.1 Å². The van der Waals surface area contributed by atoms with Crippen molar-refractivity contribution in [2.45, 2.75) is 46.8 Å². The zero-order valence-corrected chi connectivity index (χ0v) is 19.9. The summed E-state index contributed by atoms with van der Waals surface area (Å²) in [6, 6.07) is 5.03. The molecule has 1 amide bonds. The van der Waals surface area contributed by atoms with Gasteiger partial charge in [-0.25, -0.2) is 9.78 Å². The van der Waals surface area contributed by atoms with E-state index in [2.05, 4.69) is 31.4 Å². The van der Waals surface area contributed by atoms with Crippen molar-refractivity contribution < 1.29 is 24.2 Å². The number of rotatable bonds is 9. The molecule has 2 aromatic rings. The number of oxime groups is 1. The predicted molar refractivity (Wildman–Crippen MR) is 120 cm³/mol. The van der Waals surface area contributed by atoms with Gasteiger partial charge in [0.15, 0.2) is 6.10 Å². The summed E-state index contributed by atoms with van der Waals surface area (Å²) in [5.41, 5.74) is -0.318. The Morgan fingerprint density at radius 1 is 1.43 bits per heavy atom. The van der Waals surface area contributed by atoms with E-state index in [1.165, 1.54) is 17.6 Å². The highest BCUT2D eigenvalue weighted by atomic mass is 79.9. The SMILES string of the molecule is CCOc1ccc(Oc2ncc(C=NOC([C@H](C)NC(=O)O)C(C)(C)C)s2)c(Br)c1. The summed E-state index contributed by atoms with van der Waals surface area (Å²) < 4.78 is 12.0. The molecule has 0 saturated heterocycles. The minimum Gasteiger partial charge on any atom is -0.494 e. The van der Waals surface area contributed by atoms with Crippen LogP contribution in [0.25, 0.3) is 0 Å². The normalized spacial score (nSPS) is 13.7. The van der Waals surface area contributed by atoms with Crippen molar-refractivity contribution in [3.8, 4) is 16.7 Å². The maximum Gasteiger partial charge on any atom is 0.405 e. The van der Waals surface area contributed by atoms with Gasteiger partial charge in [-0.2, -0.15) is 0 Å². The summed E-state index contributed by atoms with van der Waals surface area (Å²) in [6.07, 6.45) is 1.60. The number of nitrogens with one attached hydrogen (secondary N) is 1. The Morgan fingerprint density at radius 2 is 2.17 bits per heavy atom. The van der Waals surface area contributed by atoms with Crippen molar-refractivity contribution in [2.24, 2.45) is 10.6 Å². The highest BCUT2D eigenvalue weighted by Crippen LogP contribution is 2.34. The van der Waals surface area contributed by atoms with Gasteiger partial charge >= 0.3 is 6.09 Å². The maximum absolute atomic E-state index is 10.9. The zero-order chi connectivity index (χ0) is 22.3. The standard InChI is InChI=1S/C20H26BrN3O5S/c1-6-27-13-7-8-16(15(21)9-13)28-19-22-10-14(30-19)11-23-29-17(20(3,4)5)12(2)24-18(25)26/h7-12,17,24H,6H2,1-5H3,(H,25,26)/t12-,17?/m0/s1. The molecule has 1 aromatic heterocycles. The van der Waals surface area contributed by atoms with Crippen molar-refractivity contribution in [3.63, 3.8) is 0 Å². The summed E-state index contributed by atoms with van der Waals surface area (Å²) in [5.74, 6) is 1.37. The fourth-order valence-electron chi connectivity index (χ4n) is 2.71. The first-order valence-electron chi connectivity index (χ1n) is 9.34. The van der Waals surface area contributed by atoms with Gasteiger partial charge in [0.2, 0.25) is 0 Å². The van der Waals surface area contributed by atoms with Gasteiger partial charge in [0.25, 0.3) is 5.19 Å². The van der Waals surface area contributed by atoms with Gasteiger partial charge in [-0.3, -0.25) is 0 Å². The third kappa shape index (κ3) is 7.17. The molecule has 1 aromatic carbocycles. The maximum atomic E-state index is 10.9.